The van der Waals surface area contributed by atoms with Gasteiger partial charge < -0.3 is 10.6 Å². The smallest absolute Gasteiger partial charge is 0.162 e. The lowest BCUT2D eigenvalue weighted by atomic mass is 10.0. The van der Waals surface area contributed by atoms with Crippen molar-refractivity contribution in [3.8, 4) is 11.3 Å². The second-order valence-electron chi connectivity index (χ2n) is 8.31. The zero-order valence-electron chi connectivity index (χ0n) is 18.6. The van der Waals surface area contributed by atoms with E-state index in [4.69, 9.17) is 4.98 Å². The van der Waals surface area contributed by atoms with Gasteiger partial charge >= 0.3 is 0 Å². The number of benzene rings is 1. The number of hydrogen-bond donors (Lipinski definition) is 2. The number of hydrogen-bond acceptors (Lipinski definition) is 6. The van der Waals surface area contributed by atoms with Crippen molar-refractivity contribution in [1.82, 2.24) is 15.3 Å². The molecule has 3 heterocycles. The molecule has 3 aromatic heterocycles. The molecule has 5 nitrogen and oxygen atoms in total. The summed E-state index contributed by atoms with van der Waals surface area (Å²) in [4.78, 5) is 22.0. The third kappa shape index (κ3) is 4.05. The van der Waals surface area contributed by atoms with Crippen LogP contribution in [0, 0.1) is 6.92 Å². The molecular formula is C25H28N4OS. The first-order valence-corrected chi connectivity index (χ1v) is 11.4. The van der Waals surface area contributed by atoms with Crippen LogP contribution in [0.3, 0.4) is 0 Å². The van der Waals surface area contributed by atoms with Crippen LogP contribution in [0.4, 0.5) is 5.69 Å². The summed E-state index contributed by atoms with van der Waals surface area (Å²) in [7, 11) is 1.93. The Morgan fingerprint density at radius 2 is 1.97 bits per heavy atom. The summed E-state index contributed by atoms with van der Waals surface area (Å²) < 4.78 is 1.09. The van der Waals surface area contributed by atoms with Gasteiger partial charge in [-0.2, -0.15) is 0 Å². The number of pyridine rings is 2. The molecule has 0 aliphatic rings. The van der Waals surface area contributed by atoms with E-state index >= 15 is 0 Å². The third-order valence-corrected chi connectivity index (χ3v) is 6.81. The molecule has 1 aromatic carbocycles. The maximum Gasteiger partial charge on any atom is 0.162 e. The fourth-order valence-corrected chi connectivity index (χ4v) is 4.76. The van der Waals surface area contributed by atoms with Gasteiger partial charge in [-0.05, 0) is 62.7 Å². The fraction of sp³-hybridized carbons (Fsp3) is 0.320. The van der Waals surface area contributed by atoms with E-state index in [2.05, 4.69) is 67.6 Å². The normalized spacial score (nSPS) is 12.6. The lowest BCUT2D eigenvalue weighted by Crippen LogP contribution is -2.29. The van der Waals surface area contributed by atoms with Crippen LogP contribution in [0.15, 0.2) is 36.5 Å². The van der Waals surface area contributed by atoms with Crippen molar-refractivity contribution in [3.05, 3.63) is 52.7 Å². The van der Waals surface area contributed by atoms with Crippen molar-refractivity contribution in [1.29, 1.82) is 0 Å². The number of rotatable bonds is 7. The predicted octanol–water partition coefficient (Wildman–Crippen LogP) is 5.78. The van der Waals surface area contributed by atoms with Gasteiger partial charge in [-0.15, -0.1) is 11.3 Å². The summed E-state index contributed by atoms with van der Waals surface area (Å²) in [5.41, 5.74) is 6.04. The molecule has 0 radical (unpaired) electrons. The van der Waals surface area contributed by atoms with Gasteiger partial charge in [0.25, 0.3) is 0 Å². The maximum absolute atomic E-state index is 11.7. The molecule has 31 heavy (non-hydrogen) atoms. The van der Waals surface area contributed by atoms with Crippen LogP contribution in [0.1, 0.15) is 47.6 Å². The number of anilines is 1. The van der Waals surface area contributed by atoms with Gasteiger partial charge in [-0.25, -0.2) is 4.98 Å². The zero-order chi connectivity index (χ0) is 22.1. The molecule has 160 valence electrons. The average molecular weight is 433 g/mol. The van der Waals surface area contributed by atoms with Crippen molar-refractivity contribution in [3.63, 3.8) is 0 Å². The van der Waals surface area contributed by atoms with Crippen LogP contribution in [-0.4, -0.2) is 35.9 Å². The zero-order valence-corrected chi connectivity index (χ0v) is 19.4. The summed E-state index contributed by atoms with van der Waals surface area (Å²) in [5, 5.41) is 8.82. The highest BCUT2D eigenvalue weighted by molar-refractivity contribution is 7.21. The van der Waals surface area contributed by atoms with Crippen molar-refractivity contribution in [2.45, 2.75) is 39.7 Å². The molecule has 0 amide bonds. The number of nitrogens with zero attached hydrogens (tertiary/aromatic N) is 2. The predicted molar refractivity (Wildman–Crippen MR) is 132 cm³/mol. The van der Waals surface area contributed by atoms with E-state index in [1.807, 2.05) is 19.3 Å². The lowest BCUT2D eigenvalue weighted by Gasteiger charge is -2.13. The first-order valence-electron chi connectivity index (χ1n) is 10.6. The van der Waals surface area contributed by atoms with Crippen molar-refractivity contribution in [2.24, 2.45) is 0 Å². The van der Waals surface area contributed by atoms with E-state index in [0.717, 1.165) is 61.3 Å². The summed E-state index contributed by atoms with van der Waals surface area (Å²) in [6, 6.07) is 10.7. The highest BCUT2D eigenvalue weighted by Gasteiger charge is 2.16. The van der Waals surface area contributed by atoms with E-state index in [9.17, 15) is 4.79 Å². The summed E-state index contributed by atoms with van der Waals surface area (Å²) >= 11 is 1.52. The quantitative estimate of drug-likeness (QED) is 0.363. The number of carbonyl (C=O) groups is 1. The second-order valence-corrected chi connectivity index (χ2v) is 9.39. The van der Waals surface area contributed by atoms with Crippen LogP contribution in [-0.2, 0) is 0 Å². The molecule has 0 aliphatic carbocycles. The molecular weight excluding hydrogens is 404 g/mol. The molecule has 0 unspecified atom stereocenters. The molecule has 0 spiro atoms. The van der Waals surface area contributed by atoms with Gasteiger partial charge in [0.15, 0.2) is 6.29 Å². The van der Waals surface area contributed by atoms with Gasteiger partial charge in [-0.3, -0.25) is 9.78 Å². The molecule has 4 rings (SSSR count). The summed E-state index contributed by atoms with van der Waals surface area (Å²) in [6.07, 6.45) is 2.87. The van der Waals surface area contributed by atoms with Gasteiger partial charge in [0.2, 0.25) is 0 Å². The average Bonchev–Trinajstić information content (AvgIpc) is 3.14. The molecule has 0 bridgehead atoms. The minimum atomic E-state index is 0.290. The van der Waals surface area contributed by atoms with Crippen LogP contribution < -0.4 is 10.6 Å². The Bertz CT molecular complexity index is 1260. The number of nitrogens with one attached hydrogen (secondary N) is 2. The molecule has 0 fully saturated rings. The molecule has 0 saturated heterocycles. The number of likely N-dealkylation sites (N-methyl/N-ethyl adjacent to an activating group) is 1. The van der Waals surface area contributed by atoms with Crippen molar-refractivity contribution >= 4 is 44.3 Å². The van der Waals surface area contributed by atoms with Crippen molar-refractivity contribution < 1.29 is 4.79 Å². The minimum absolute atomic E-state index is 0.290. The Morgan fingerprint density at radius 3 is 2.65 bits per heavy atom. The third-order valence-electron chi connectivity index (χ3n) is 5.73. The number of thiophene rings is 1. The highest BCUT2D eigenvalue weighted by Crippen LogP contribution is 2.40. The number of aldehydes is 1. The lowest BCUT2D eigenvalue weighted by molar-refractivity contribution is 0.112. The number of aryl methyl sites for hydroxylation is 1. The van der Waals surface area contributed by atoms with E-state index in [0.29, 0.717) is 12.0 Å². The molecule has 1 atom stereocenters. The SMILES string of the molecule is CN[C@H](C)CNc1c(C=O)sc2ccc3nc(-c4cnc(C(C)C)cc4C)ccc3c12. The Hall–Kier alpha value is -2.83. The minimum Gasteiger partial charge on any atom is -0.382 e. The number of carbonyl (C=O) groups excluding carboxylic acids is 1. The Morgan fingerprint density at radius 1 is 1.16 bits per heavy atom. The first-order chi connectivity index (χ1) is 14.9. The Labute approximate surface area is 186 Å². The van der Waals surface area contributed by atoms with Crippen LogP contribution >= 0.6 is 11.3 Å². The molecule has 0 aliphatic heterocycles. The largest absolute Gasteiger partial charge is 0.382 e. The number of aromatic nitrogens is 2. The van der Waals surface area contributed by atoms with Gasteiger partial charge in [0.05, 0.1) is 21.8 Å². The van der Waals surface area contributed by atoms with E-state index < -0.39 is 0 Å². The first kappa shape index (κ1) is 21.4. The van der Waals surface area contributed by atoms with Crippen LogP contribution in [0.2, 0.25) is 0 Å². The summed E-state index contributed by atoms with van der Waals surface area (Å²) in [5.74, 6) is 0.396. The van der Waals surface area contributed by atoms with E-state index in [1.54, 1.807) is 0 Å². The topological polar surface area (TPSA) is 66.9 Å². The van der Waals surface area contributed by atoms with Crippen LogP contribution in [0.25, 0.3) is 32.2 Å². The van der Waals surface area contributed by atoms with Crippen LogP contribution in [0.5, 0.6) is 0 Å². The number of fused-ring (bicyclic) bond motifs is 3. The highest BCUT2D eigenvalue weighted by atomic mass is 32.1. The van der Waals surface area contributed by atoms with E-state index in [-0.39, 0.29) is 0 Å². The van der Waals surface area contributed by atoms with Gasteiger partial charge in [0, 0.05) is 45.5 Å². The standard InChI is InChI=1S/C25H28N4OS/c1-14(2)21-10-15(3)18(12-27-21)20-7-6-17-19(29-20)8-9-22-24(17)25(23(13-30)31-22)28-11-16(4)26-5/h6-10,12-14,16,26,28H,11H2,1-5H3/t16-/m1/s1. The molecule has 2 N–H and O–H groups in total. The second kappa shape index (κ2) is 8.73. The fourth-order valence-electron chi connectivity index (χ4n) is 3.75. The van der Waals surface area contributed by atoms with Gasteiger partial charge in [-0.1, -0.05) is 13.8 Å². The molecule has 0 saturated carbocycles. The Kier molecular flexibility index (Phi) is 6.03. The molecule has 4 aromatic rings. The Balaban J connectivity index is 1.83. The molecule has 6 heteroatoms. The summed E-state index contributed by atoms with van der Waals surface area (Å²) in [6.45, 7) is 9.25. The maximum atomic E-state index is 11.7. The van der Waals surface area contributed by atoms with Gasteiger partial charge in [0.1, 0.15) is 0 Å². The van der Waals surface area contributed by atoms with E-state index in [1.165, 1.54) is 16.9 Å². The monoisotopic (exact) mass is 432 g/mol. The van der Waals surface area contributed by atoms with Crippen molar-refractivity contribution in [2.75, 3.05) is 18.9 Å².